The van der Waals surface area contributed by atoms with E-state index in [0.717, 1.165) is 42.0 Å². The average molecular weight is 472 g/mol. The average Bonchev–Trinajstić information content (AvgIpc) is 3.19. The standard InChI is InChI=1S/C29H33N3O3/c1-4-16-30-19-20-12-14-22(15-13-20)31-28(21-10-8-7-9-11-21)27-23-17-25(34-5-2)26(35-6-3)18-24(23)32-29(27)33/h7-15,17-18,30-31H,4-6,16,19H2,1-3H3,(H,32,33). The number of rotatable bonds is 11. The van der Waals surface area contributed by atoms with Gasteiger partial charge in [0.25, 0.3) is 5.91 Å². The summed E-state index contributed by atoms with van der Waals surface area (Å²) < 4.78 is 11.6. The van der Waals surface area contributed by atoms with Crippen LogP contribution in [-0.2, 0) is 11.3 Å². The minimum absolute atomic E-state index is 0.164. The predicted molar refractivity (Wildman–Crippen MR) is 143 cm³/mol. The van der Waals surface area contributed by atoms with Crippen molar-refractivity contribution < 1.29 is 14.3 Å². The monoisotopic (exact) mass is 471 g/mol. The Bertz CT molecular complexity index is 1190. The molecule has 3 aromatic carbocycles. The van der Waals surface area contributed by atoms with Crippen LogP contribution in [-0.4, -0.2) is 25.7 Å². The zero-order chi connectivity index (χ0) is 24.6. The van der Waals surface area contributed by atoms with Crippen molar-refractivity contribution in [2.24, 2.45) is 0 Å². The minimum Gasteiger partial charge on any atom is -0.490 e. The Hall–Kier alpha value is -3.77. The molecule has 0 radical (unpaired) electrons. The first kappa shape index (κ1) is 24.4. The van der Waals surface area contributed by atoms with Gasteiger partial charge in [-0.1, -0.05) is 49.4 Å². The van der Waals surface area contributed by atoms with Crippen LogP contribution in [0.3, 0.4) is 0 Å². The van der Waals surface area contributed by atoms with Crippen molar-refractivity contribution in [1.29, 1.82) is 0 Å². The highest BCUT2D eigenvalue weighted by atomic mass is 16.5. The largest absolute Gasteiger partial charge is 0.490 e. The highest BCUT2D eigenvalue weighted by Gasteiger charge is 2.30. The molecule has 0 atom stereocenters. The van der Waals surface area contributed by atoms with Crippen molar-refractivity contribution in [2.75, 3.05) is 30.4 Å². The molecule has 0 bridgehead atoms. The molecule has 3 aromatic rings. The van der Waals surface area contributed by atoms with Gasteiger partial charge in [-0.2, -0.15) is 0 Å². The molecule has 4 rings (SSSR count). The summed E-state index contributed by atoms with van der Waals surface area (Å²) in [4.78, 5) is 13.3. The Morgan fingerprint density at radius 3 is 2.23 bits per heavy atom. The predicted octanol–water partition coefficient (Wildman–Crippen LogP) is 5.92. The third-order valence-corrected chi connectivity index (χ3v) is 5.72. The number of hydrogen-bond acceptors (Lipinski definition) is 5. The lowest BCUT2D eigenvalue weighted by atomic mass is 9.99. The third kappa shape index (κ3) is 5.66. The number of nitrogens with one attached hydrogen (secondary N) is 3. The smallest absolute Gasteiger partial charge is 0.258 e. The molecule has 1 amide bonds. The summed E-state index contributed by atoms with van der Waals surface area (Å²) in [7, 11) is 0. The first-order valence-electron chi connectivity index (χ1n) is 12.3. The summed E-state index contributed by atoms with van der Waals surface area (Å²) in [5, 5.41) is 9.95. The molecule has 1 heterocycles. The van der Waals surface area contributed by atoms with Crippen LogP contribution in [0, 0.1) is 0 Å². The van der Waals surface area contributed by atoms with Crippen LogP contribution in [0.25, 0.3) is 11.3 Å². The summed E-state index contributed by atoms with van der Waals surface area (Å²) >= 11 is 0. The fourth-order valence-electron chi connectivity index (χ4n) is 4.11. The molecule has 1 aliphatic heterocycles. The zero-order valence-corrected chi connectivity index (χ0v) is 20.6. The molecule has 0 fully saturated rings. The molecule has 0 aromatic heterocycles. The number of carbonyl (C=O) groups is 1. The van der Waals surface area contributed by atoms with Gasteiger partial charge in [0.1, 0.15) is 0 Å². The summed E-state index contributed by atoms with van der Waals surface area (Å²) in [6, 6.07) is 21.9. The fraction of sp³-hybridized carbons (Fsp3) is 0.276. The molecule has 0 spiro atoms. The Labute approximate surface area is 207 Å². The number of carbonyl (C=O) groups excluding carboxylic acids is 1. The van der Waals surface area contributed by atoms with Gasteiger partial charge in [0.05, 0.1) is 30.2 Å². The molecule has 0 unspecified atom stereocenters. The molecule has 0 saturated heterocycles. The molecule has 6 heteroatoms. The third-order valence-electron chi connectivity index (χ3n) is 5.72. The zero-order valence-electron chi connectivity index (χ0n) is 20.6. The van der Waals surface area contributed by atoms with Crippen molar-refractivity contribution in [2.45, 2.75) is 33.7 Å². The first-order chi connectivity index (χ1) is 17.1. The maximum absolute atomic E-state index is 13.3. The van der Waals surface area contributed by atoms with E-state index >= 15 is 0 Å². The Morgan fingerprint density at radius 1 is 0.886 bits per heavy atom. The van der Waals surface area contributed by atoms with Crippen molar-refractivity contribution in [1.82, 2.24) is 5.32 Å². The van der Waals surface area contributed by atoms with Gasteiger partial charge in [-0.05, 0) is 56.1 Å². The van der Waals surface area contributed by atoms with Gasteiger partial charge in [-0.15, -0.1) is 0 Å². The molecule has 3 N–H and O–H groups in total. The number of amides is 1. The molecule has 35 heavy (non-hydrogen) atoms. The van der Waals surface area contributed by atoms with Crippen LogP contribution in [0.5, 0.6) is 11.5 Å². The van der Waals surface area contributed by atoms with Crippen LogP contribution in [0.2, 0.25) is 0 Å². The quantitative estimate of drug-likeness (QED) is 0.239. The molecule has 182 valence electrons. The normalized spacial score (nSPS) is 13.7. The topological polar surface area (TPSA) is 71.6 Å². The Kier molecular flexibility index (Phi) is 8.06. The highest BCUT2D eigenvalue weighted by Crippen LogP contribution is 2.43. The van der Waals surface area contributed by atoms with Gasteiger partial charge < -0.3 is 25.4 Å². The van der Waals surface area contributed by atoms with Gasteiger partial charge >= 0.3 is 0 Å². The number of hydrogen-bond donors (Lipinski definition) is 3. The van der Waals surface area contributed by atoms with E-state index in [9.17, 15) is 4.79 Å². The second kappa shape index (κ2) is 11.6. The van der Waals surface area contributed by atoms with Gasteiger partial charge in [0.2, 0.25) is 0 Å². The van der Waals surface area contributed by atoms with Crippen LogP contribution in [0.1, 0.15) is 43.9 Å². The molecule has 0 aliphatic carbocycles. The van der Waals surface area contributed by atoms with E-state index in [1.165, 1.54) is 5.56 Å². The lowest BCUT2D eigenvalue weighted by Crippen LogP contribution is -2.13. The fourth-order valence-corrected chi connectivity index (χ4v) is 4.11. The van der Waals surface area contributed by atoms with Gasteiger partial charge in [0.15, 0.2) is 11.5 Å². The van der Waals surface area contributed by atoms with Crippen LogP contribution in [0.15, 0.2) is 66.7 Å². The second-order valence-electron chi connectivity index (χ2n) is 8.28. The molecular formula is C29H33N3O3. The maximum atomic E-state index is 13.3. The van der Waals surface area contributed by atoms with Crippen molar-refractivity contribution in [3.8, 4) is 11.5 Å². The summed E-state index contributed by atoms with van der Waals surface area (Å²) in [5.74, 6) is 1.08. The van der Waals surface area contributed by atoms with Crippen molar-refractivity contribution in [3.05, 3.63) is 83.4 Å². The lowest BCUT2D eigenvalue weighted by Gasteiger charge is -2.16. The highest BCUT2D eigenvalue weighted by molar-refractivity contribution is 6.37. The van der Waals surface area contributed by atoms with E-state index in [2.05, 4.69) is 35.0 Å². The lowest BCUT2D eigenvalue weighted by molar-refractivity contribution is -0.110. The second-order valence-corrected chi connectivity index (χ2v) is 8.28. The molecular weight excluding hydrogens is 438 g/mol. The van der Waals surface area contributed by atoms with E-state index < -0.39 is 0 Å². The number of benzene rings is 3. The molecule has 0 saturated carbocycles. The van der Waals surface area contributed by atoms with Gasteiger partial charge in [-0.3, -0.25) is 4.79 Å². The molecule has 6 nitrogen and oxygen atoms in total. The molecule has 1 aliphatic rings. The minimum atomic E-state index is -0.164. The SMILES string of the molecule is CCCNCc1ccc(NC(=C2C(=O)Nc3cc(OCC)c(OCC)cc32)c2ccccc2)cc1. The van der Waals surface area contributed by atoms with Crippen molar-refractivity contribution in [3.63, 3.8) is 0 Å². The van der Waals surface area contributed by atoms with Crippen molar-refractivity contribution >= 4 is 28.6 Å². The van der Waals surface area contributed by atoms with Crippen LogP contribution >= 0.6 is 0 Å². The van der Waals surface area contributed by atoms with Gasteiger partial charge in [0, 0.05) is 23.9 Å². The summed E-state index contributed by atoms with van der Waals surface area (Å²) in [6.45, 7) is 8.85. The summed E-state index contributed by atoms with van der Waals surface area (Å²) in [5.41, 5.74) is 5.86. The Balaban J connectivity index is 1.76. The maximum Gasteiger partial charge on any atom is 0.258 e. The first-order valence-corrected chi connectivity index (χ1v) is 12.3. The van der Waals surface area contributed by atoms with Crippen LogP contribution < -0.4 is 25.4 Å². The number of anilines is 2. The summed E-state index contributed by atoms with van der Waals surface area (Å²) in [6.07, 6.45) is 1.11. The van der Waals surface area contributed by atoms with E-state index in [4.69, 9.17) is 9.47 Å². The van der Waals surface area contributed by atoms with Crippen LogP contribution in [0.4, 0.5) is 11.4 Å². The number of fused-ring (bicyclic) bond motifs is 1. The van der Waals surface area contributed by atoms with E-state index in [0.29, 0.717) is 36.0 Å². The van der Waals surface area contributed by atoms with E-state index in [1.54, 1.807) is 0 Å². The number of ether oxygens (including phenoxy) is 2. The van der Waals surface area contributed by atoms with Gasteiger partial charge in [-0.25, -0.2) is 0 Å². The van der Waals surface area contributed by atoms with E-state index in [-0.39, 0.29) is 5.91 Å². The Morgan fingerprint density at radius 2 is 1.57 bits per heavy atom. The van der Waals surface area contributed by atoms with E-state index in [1.807, 2.05) is 68.4 Å².